The van der Waals surface area contributed by atoms with Crippen LogP contribution in [0.2, 0.25) is 0 Å². The first-order valence-electron chi connectivity index (χ1n) is 3.31. The van der Waals surface area contributed by atoms with Crippen LogP contribution in [0.3, 0.4) is 0 Å². The summed E-state index contributed by atoms with van der Waals surface area (Å²) in [6.45, 7) is -0.605. The molecule has 0 heterocycles. The van der Waals surface area contributed by atoms with Gasteiger partial charge in [-0.15, -0.1) is 11.8 Å². The molecule has 0 atom stereocenters. The van der Waals surface area contributed by atoms with Crippen molar-refractivity contribution in [2.75, 3.05) is 6.26 Å². The number of hydrogen-bond acceptors (Lipinski definition) is 2. The zero-order valence-corrected chi connectivity index (χ0v) is 7.29. The van der Waals surface area contributed by atoms with E-state index in [4.69, 9.17) is 5.11 Å². The number of thioether (sulfide) groups is 1. The molecule has 0 amide bonds. The van der Waals surface area contributed by atoms with Gasteiger partial charge in [0.05, 0.1) is 6.61 Å². The molecule has 66 valence electrons. The SMILES string of the molecule is CSc1cc(F)c(CO)c(F)c1. The lowest BCUT2D eigenvalue weighted by molar-refractivity contribution is 0.268. The Morgan fingerprint density at radius 1 is 1.33 bits per heavy atom. The smallest absolute Gasteiger partial charge is 0.132 e. The van der Waals surface area contributed by atoms with Crippen molar-refractivity contribution in [3.05, 3.63) is 29.3 Å². The summed E-state index contributed by atoms with van der Waals surface area (Å²) in [7, 11) is 0. The normalized spacial score (nSPS) is 10.3. The second-order valence-corrected chi connectivity index (χ2v) is 3.11. The monoisotopic (exact) mass is 190 g/mol. The van der Waals surface area contributed by atoms with Crippen LogP contribution in [0.25, 0.3) is 0 Å². The molecule has 1 nitrogen and oxygen atoms in total. The molecule has 0 aromatic heterocycles. The number of aliphatic hydroxyl groups is 1. The minimum Gasteiger partial charge on any atom is -0.391 e. The molecular weight excluding hydrogens is 182 g/mol. The quantitative estimate of drug-likeness (QED) is 0.721. The number of aliphatic hydroxyl groups excluding tert-OH is 1. The minimum absolute atomic E-state index is 0.271. The number of rotatable bonds is 2. The fourth-order valence-corrected chi connectivity index (χ4v) is 1.29. The number of halogens is 2. The summed E-state index contributed by atoms with van der Waals surface area (Å²) >= 11 is 1.25. The highest BCUT2D eigenvalue weighted by atomic mass is 32.2. The average Bonchev–Trinajstić information content (AvgIpc) is 2.03. The summed E-state index contributed by atoms with van der Waals surface area (Å²) in [6.07, 6.45) is 1.73. The van der Waals surface area contributed by atoms with Crippen LogP contribution in [-0.4, -0.2) is 11.4 Å². The maximum atomic E-state index is 12.9. The van der Waals surface area contributed by atoms with Gasteiger partial charge < -0.3 is 5.11 Å². The Kier molecular flexibility index (Phi) is 3.05. The average molecular weight is 190 g/mol. The van der Waals surface area contributed by atoms with E-state index in [1.54, 1.807) is 6.26 Å². The molecule has 1 N–H and O–H groups in total. The summed E-state index contributed by atoms with van der Waals surface area (Å²) in [6, 6.07) is 2.42. The zero-order chi connectivity index (χ0) is 9.14. The fraction of sp³-hybridized carbons (Fsp3) is 0.250. The van der Waals surface area contributed by atoms with Crippen molar-refractivity contribution in [2.45, 2.75) is 11.5 Å². The van der Waals surface area contributed by atoms with E-state index >= 15 is 0 Å². The van der Waals surface area contributed by atoms with Gasteiger partial charge in [-0.2, -0.15) is 0 Å². The second kappa shape index (κ2) is 3.87. The summed E-state index contributed by atoms with van der Waals surface area (Å²) in [5.74, 6) is -1.39. The third-order valence-electron chi connectivity index (χ3n) is 1.51. The van der Waals surface area contributed by atoms with Crippen LogP contribution in [-0.2, 0) is 6.61 Å². The van der Waals surface area contributed by atoms with Gasteiger partial charge in [0.25, 0.3) is 0 Å². The molecule has 0 radical (unpaired) electrons. The van der Waals surface area contributed by atoms with Gasteiger partial charge in [0.1, 0.15) is 11.6 Å². The second-order valence-electron chi connectivity index (χ2n) is 2.23. The molecule has 0 unspecified atom stereocenters. The van der Waals surface area contributed by atoms with E-state index in [1.165, 1.54) is 23.9 Å². The van der Waals surface area contributed by atoms with Gasteiger partial charge >= 0.3 is 0 Å². The van der Waals surface area contributed by atoms with Crippen LogP contribution in [0, 0.1) is 11.6 Å². The highest BCUT2D eigenvalue weighted by Crippen LogP contribution is 2.21. The first kappa shape index (κ1) is 9.48. The number of benzene rings is 1. The highest BCUT2D eigenvalue weighted by Gasteiger charge is 2.08. The van der Waals surface area contributed by atoms with Gasteiger partial charge in [0.2, 0.25) is 0 Å². The van der Waals surface area contributed by atoms with Gasteiger partial charge in [-0.25, -0.2) is 8.78 Å². The Morgan fingerprint density at radius 3 is 2.17 bits per heavy atom. The predicted octanol–water partition coefficient (Wildman–Crippen LogP) is 2.18. The van der Waals surface area contributed by atoms with Crippen molar-refractivity contribution in [2.24, 2.45) is 0 Å². The molecular formula is C8H8F2OS. The van der Waals surface area contributed by atoms with Gasteiger partial charge in [-0.3, -0.25) is 0 Å². The molecule has 0 spiro atoms. The third-order valence-corrected chi connectivity index (χ3v) is 2.22. The highest BCUT2D eigenvalue weighted by molar-refractivity contribution is 7.98. The standard InChI is InChI=1S/C8H8F2OS/c1-12-5-2-7(9)6(4-11)8(10)3-5/h2-3,11H,4H2,1H3. The summed E-state index contributed by atoms with van der Waals surface area (Å²) in [5, 5.41) is 8.58. The molecule has 0 saturated carbocycles. The summed E-state index contributed by atoms with van der Waals surface area (Å²) in [5.41, 5.74) is -0.271. The lowest BCUT2D eigenvalue weighted by atomic mass is 10.2. The molecule has 0 aliphatic rings. The van der Waals surface area contributed by atoms with Crippen molar-refractivity contribution in [3.8, 4) is 0 Å². The van der Waals surface area contributed by atoms with E-state index in [0.717, 1.165) is 0 Å². The van der Waals surface area contributed by atoms with Crippen molar-refractivity contribution >= 4 is 11.8 Å². The largest absolute Gasteiger partial charge is 0.391 e. The van der Waals surface area contributed by atoms with Gasteiger partial charge in [0.15, 0.2) is 0 Å². The van der Waals surface area contributed by atoms with Crippen molar-refractivity contribution in [1.29, 1.82) is 0 Å². The molecule has 4 heteroatoms. The molecule has 0 bridgehead atoms. The van der Waals surface area contributed by atoms with Crippen LogP contribution in [0.5, 0.6) is 0 Å². The van der Waals surface area contributed by atoms with Gasteiger partial charge in [0, 0.05) is 10.5 Å². The van der Waals surface area contributed by atoms with E-state index in [-0.39, 0.29) is 5.56 Å². The van der Waals surface area contributed by atoms with Crippen LogP contribution < -0.4 is 0 Å². The van der Waals surface area contributed by atoms with E-state index in [0.29, 0.717) is 4.90 Å². The minimum atomic E-state index is -0.693. The first-order valence-corrected chi connectivity index (χ1v) is 4.54. The first-order chi connectivity index (χ1) is 5.69. The van der Waals surface area contributed by atoms with Crippen LogP contribution in [0.15, 0.2) is 17.0 Å². The Bertz CT molecular complexity index is 265. The van der Waals surface area contributed by atoms with Crippen LogP contribution in [0.4, 0.5) is 8.78 Å². The topological polar surface area (TPSA) is 20.2 Å². The molecule has 1 rings (SSSR count). The molecule has 1 aromatic rings. The third kappa shape index (κ3) is 1.76. The van der Waals surface area contributed by atoms with Crippen molar-refractivity contribution in [1.82, 2.24) is 0 Å². The maximum Gasteiger partial charge on any atom is 0.132 e. The molecule has 12 heavy (non-hydrogen) atoms. The van der Waals surface area contributed by atoms with Crippen LogP contribution >= 0.6 is 11.8 Å². The van der Waals surface area contributed by atoms with Gasteiger partial charge in [-0.05, 0) is 18.4 Å². The zero-order valence-electron chi connectivity index (χ0n) is 6.47. The maximum absolute atomic E-state index is 12.9. The summed E-state index contributed by atoms with van der Waals surface area (Å²) in [4.78, 5) is 0.516. The van der Waals surface area contributed by atoms with E-state index < -0.39 is 18.2 Å². The van der Waals surface area contributed by atoms with E-state index in [2.05, 4.69) is 0 Å². The fourth-order valence-electron chi connectivity index (χ4n) is 0.849. The molecule has 0 aliphatic carbocycles. The van der Waals surface area contributed by atoms with E-state index in [1.807, 2.05) is 0 Å². The Morgan fingerprint density at radius 2 is 1.83 bits per heavy atom. The molecule has 0 fully saturated rings. The van der Waals surface area contributed by atoms with Crippen molar-refractivity contribution < 1.29 is 13.9 Å². The molecule has 0 saturated heterocycles. The molecule has 0 aliphatic heterocycles. The lowest BCUT2D eigenvalue weighted by Gasteiger charge is -2.03. The lowest BCUT2D eigenvalue weighted by Crippen LogP contribution is -1.95. The summed E-state index contributed by atoms with van der Waals surface area (Å²) < 4.78 is 25.8. The Hall–Kier alpha value is -0.610. The molecule has 1 aromatic carbocycles. The van der Waals surface area contributed by atoms with Gasteiger partial charge in [-0.1, -0.05) is 0 Å². The van der Waals surface area contributed by atoms with Crippen LogP contribution in [0.1, 0.15) is 5.56 Å². The Balaban J connectivity index is 3.18. The predicted molar refractivity (Wildman–Crippen MR) is 44.1 cm³/mol. The van der Waals surface area contributed by atoms with E-state index in [9.17, 15) is 8.78 Å². The Labute approximate surface area is 73.4 Å². The number of hydrogen-bond donors (Lipinski definition) is 1. The van der Waals surface area contributed by atoms with Crippen molar-refractivity contribution in [3.63, 3.8) is 0 Å².